The van der Waals surface area contributed by atoms with Gasteiger partial charge in [-0.3, -0.25) is 9.36 Å². The molecule has 0 spiro atoms. The van der Waals surface area contributed by atoms with Crippen LogP contribution in [0.1, 0.15) is 39.5 Å². The van der Waals surface area contributed by atoms with Gasteiger partial charge in [-0.05, 0) is 42.7 Å². The Bertz CT molecular complexity index is 892. The van der Waals surface area contributed by atoms with Gasteiger partial charge in [0.2, 0.25) is 0 Å². The van der Waals surface area contributed by atoms with E-state index in [9.17, 15) is 9.36 Å². The van der Waals surface area contributed by atoms with Gasteiger partial charge < -0.3 is 9.42 Å². The van der Waals surface area contributed by atoms with Crippen molar-refractivity contribution in [2.75, 3.05) is 0 Å². The number of benzene rings is 2. The number of hydrogen-bond donors (Lipinski definition) is 0. The van der Waals surface area contributed by atoms with E-state index in [0.29, 0.717) is 29.7 Å². The van der Waals surface area contributed by atoms with Crippen LogP contribution in [0.4, 0.5) is 0 Å². The lowest BCUT2D eigenvalue weighted by molar-refractivity contribution is 0.0752. The molecular weight excluding hydrogens is 352 g/mol. The van der Waals surface area contributed by atoms with E-state index in [0.717, 1.165) is 16.7 Å². The molecule has 0 N–H and O–H groups in total. The summed E-state index contributed by atoms with van der Waals surface area (Å²) in [6, 6.07) is 9.58. The summed E-state index contributed by atoms with van der Waals surface area (Å²) in [6.07, 6.45) is 0. The second kappa shape index (κ2) is 7.07. The minimum atomic E-state index is -0.215. The zero-order valence-corrected chi connectivity index (χ0v) is 16.3. The van der Waals surface area contributed by atoms with Gasteiger partial charge in [-0.1, -0.05) is 30.3 Å². The maximum atomic E-state index is 13.1. The molecule has 0 saturated carbocycles. The molecular formula is C19H19NO3P2. The van der Waals surface area contributed by atoms with Crippen molar-refractivity contribution in [1.29, 1.82) is 0 Å². The Morgan fingerprint density at radius 1 is 1.20 bits per heavy atom. The van der Waals surface area contributed by atoms with Gasteiger partial charge in [-0.2, -0.15) is 0 Å². The standard InChI is InChI=1S/C19H19NO3P2/c1-11(2)15-7-16(18(25-22)8-17(15)23-24)19(21)20-9-13-5-4-12(3)6-14(13)10-20/h4-8H,1,9-10,24H2,2-3H3. The number of nitrogens with zero attached hydrogens (tertiary/aromatic N) is 1. The van der Waals surface area contributed by atoms with Gasteiger partial charge >= 0.3 is 0 Å². The number of amides is 1. The fraction of sp³-hybridized carbons (Fsp3) is 0.211. The number of allylic oxidation sites excluding steroid dienone is 1. The van der Waals surface area contributed by atoms with E-state index in [4.69, 9.17) is 4.52 Å². The summed E-state index contributed by atoms with van der Waals surface area (Å²) in [5.74, 6) is 0.401. The summed E-state index contributed by atoms with van der Waals surface area (Å²) in [6.45, 7) is 8.95. The van der Waals surface area contributed by atoms with Crippen LogP contribution in [-0.4, -0.2) is 10.8 Å². The lowest BCUT2D eigenvalue weighted by Gasteiger charge is -2.18. The van der Waals surface area contributed by atoms with Crippen molar-refractivity contribution in [2.45, 2.75) is 26.9 Å². The summed E-state index contributed by atoms with van der Waals surface area (Å²) in [5.41, 5.74) is 5.44. The van der Waals surface area contributed by atoms with Crippen molar-refractivity contribution in [3.05, 3.63) is 64.7 Å². The van der Waals surface area contributed by atoms with Crippen molar-refractivity contribution in [2.24, 2.45) is 0 Å². The Morgan fingerprint density at radius 2 is 1.92 bits per heavy atom. The van der Waals surface area contributed by atoms with Gasteiger partial charge in [0.1, 0.15) is 5.75 Å². The number of carbonyl (C=O) groups excluding carboxylic acids is 1. The quantitative estimate of drug-likeness (QED) is 0.754. The smallest absolute Gasteiger partial charge is 0.255 e. The van der Waals surface area contributed by atoms with E-state index >= 15 is 0 Å². The Hall–Kier alpha value is -2.02. The van der Waals surface area contributed by atoms with Gasteiger partial charge in [-0.15, -0.1) is 0 Å². The van der Waals surface area contributed by atoms with Crippen LogP contribution >= 0.6 is 17.9 Å². The molecule has 1 atom stereocenters. The molecule has 2 aromatic rings. The third kappa shape index (κ3) is 3.38. The van der Waals surface area contributed by atoms with Crippen molar-refractivity contribution in [3.63, 3.8) is 0 Å². The van der Waals surface area contributed by atoms with Crippen molar-refractivity contribution in [3.8, 4) is 5.75 Å². The minimum Gasteiger partial charge on any atom is -0.480 e. The number of rotatable bonds is 4. The Balaban J connectivity index is 1.99. The maximum Gasteiger partial charge on any atom is 0.255 e. The molecule has 0 radical (unpaired) electrons. The average Bonchev–Trinajstić information content (AvgIpc) is 3.02. The molecule has 0 fully saturated rings. The number of fused-ring (bicyclic) bond motifs is 1. The summed E-state index contributed by atoms with van der Waals surface area (Å²) in [4.78, 5) is 14.8. The molecule has 4 nitrogen and oxygen atoms in total. The highest BCUT2D eigenvalue weighted by molar-refractivity contribution is 7.34. The van der Waals surface area contributed by atoms with Gasteiger partial charge in [0.05, 0.1) is 20.3 Å². The minimum absolute atomic E-state index is 0.134. The lowest BCUT2D eigenvalue weighted by atomic mass is 10.0. The second-order valence-corrected chi connectivity index (χ2v) is 7.19. The van der Waals surface area contributed by atoms with Crippen LogP contribution in [0.15, 0.2) is 36.9 Å². The summed E-state index contributed by atoms with van der Waals surface area (Å²) >= 11 is 0. The van der Waals surface area contributed by atoms with Crippen molar-refractivity contribution in [1.82, 2.24) is 4.90 Å². The summed E-state index contributed by atoms with van der Waals surface area (Å²) in [7, 11) is 1.96. The molecule has 3 rings (SSSR count). The van der Waals surface area contributed by atoms with Crippen LogP contribution in [0.2, 0.25) is 0 Å². The fourth-order valence-corrected chi connectivity index (χ4v) is 3.71. The van der Waals surface area contributed by atoms with Gasteiger partial charge in [0.25, 0.3) is 5.91 Å². The Kier molecular flexibility index (Phi) is 5.03. The highest BCUT2D eigenvalue weighted by Gasteiger charge is 2.27. The first-order valence-electron chi connectivity index (χ1n) is 7.86. The van der Waals surface area contributed by atoms with Crippen LogP contribution in [0, 0.1) is 6.92 Å². The van der Waals surface area contributed by atoms with E-state index in [2.05, 4.69) is 34.2 Å². The molecule has 1 amide bonds. The van der Waals surface area contributed by atoms with Crippen LogP contribution in [0.3, 0.4) is 0 Å². The number of aryl methyl sites for hydroxylation is 1. The molecule has 1 aliphatic heterocycles. The van der Waals surface area contributed by atoms with E-state index in [-0.39, 0.29) is 14.4 Å². The first-order valence-corrected chi connectivity index (χ1v) is 9.14. The maximum absolute atomic E-state index is 13.1. The highest BCUT2D eigenvalue weighted by atomic mass is 31.1. The Labute approximate surface area is 151 Å². The molecule has 6 heteroatoms. The molecule has 0 bridgehead atoms. The SMILES string of the molecule is C=C(C)c1cc(C(=O)N2Cc3ccc(C)cc3C2)c(P=O)cc1OP. The van der Waals surface area contributed by atoms with E-state index < -0.39 is 0 Å². The average molecular weight is 371 g/mol. The van der Waals surface area contributed by atoms with E-state index in [1.54, 1.807) is 17.0 Å². The predicted octanol–water partition coefficient (Wildman–Crippen LogP) is 4.27. The Morgan fingerprint density at radius 3 is 2.56 bits per heavy atom. The molecule has 1 heterocycles. The molecule has 0 aromatic heterocycles. The van der Waals surface area contributed by atoms with E-state index in [1.807, 2.05) is 13.8 Å². The molecule has 0 aliphatic carbocycles. The summed E-state index contributed by atoms with van der Waals surface area (Å²) < 4.78 is 16.9. The third-order valence-corrected chi connectivity index (χ3v) is 5.21. The summed E-state index contributed by atoms with van der Waals surface area (Å²) in [5, 5.41) is 0.416. The number of hydrogen-bond acceptors (Lipinski definition) is 3. The monoisotopic (exact) mass is 371 g/mol. The van der Waals surface area contributed by atoms with Crippen molar-refractivity contribution >= 4 is 34.7 Å². The molecule has 2 aromatic carbocycles. The van der Waals surface area contributed by atoms with Gasteiger partial charge in [0, 0.05) is 18.7 Å². The predicted molar refractivity (Wildman–Crippen MR) is 103 cm³/mol. The largest absolute Gasteiger partial charge is 0.480 e. The molecule has 128 valence electrons. The third-order valence-electron chi connectivity index (χ3n) is 4.38. The zero-order chi connectivity index (χ0) is 18.1. The van der Waals surface area contributed by atoms with Crippen LogP contribution in [0.5, 0.6) is 5.75 Å². The van der Waals surface area contributed by atoms with Gasteiger partial charge in [0.15, 0.2) is 8.46 Å². The molecule has 1 unspecified atom stereocenters. The van der Waals surface area contributed by atoms with Crippen LogP contribution in [-0.2, 0) is 17.7 Å². The zero-order valence-electron chi connectivity index (χ0n) is 14.2. The molecule has 0 saturated heterocycles. The van der Waals surface area contributed by atoms with E-state index in [1.165, 1.54) is 11.1 Å². The van der Waals surface area contributed by atoms with Crippen LogP contribution in [0.25, 0.3) is 5.57 Å². The first-order chi connectivity index (χ1) is 11.9. The van der Waals surface area contributed by atoms with Crippen molar-refractivity contribution < 1.29 is 13.9 Å². The number of carbonyl (C=O) groups is 1. The lowest BCUT2D eigenvalue weighted by Crippen LogP contribution is -2.28. The van der Waals surface area contributed by atoms with Crippen LogP contribution < -0.4 is 9.83 Å². The first kappa shape index (κ1) is 17.8. The molecule has 25 heavy (non-hydrogen) atoms. The fourth-order valence-electron chi connectivity index (χ4n) is 3.08. The second-order valence-electron chi connectivity index (χ2n) is 6.29. The normalized spacial score (nSPS) is 13.0. The highest BCUT2D eigenvalue weighted by Crippen LogP contribution is 2.30. The topological polar surface area (TPSA) is 46.6 Å². The van der Waals surface area contributed by atoms with Gasteiger partial charge in [-0.25, -0.2) is 0 Å². The molecule has 1 aliphatic rings.